The Morgan fingerprint density at radius 1 is 0.821 bits per heavy atom. The number of nitrogens with one attached hydrogen (secondary N) is 1. The molecule has 10 heteroatoms. The fraction of sp³-hybridized carbons (Fsp3) is 0.556. The summed E-state index contributed by atoms with van der Waals surface area (Å²) in [6, 6.07) is 0. The van der Waals surface area contributed by atoms with Crippen molar-refractivity contribution >= 4 is 61.8 Å². The van der Waals surface area contributed by atoms with Crippen molar-refractivity contribution in [3.8, 4) is 0 Å². The van der Waals surface area contributed by atoms with Crippen LogP contribution in [0.2, 0.25) is 5.28 Å². The minimum Gasteiger partial charge on any atom is -0.340 e. The number of nitrogens with zero attached hydrogens (tertiary/aromatic N) is 5. The molecule has 4 atom stereocenters. The van der Waals surface area contributed by atoms with E-state index in [1.54, 1.807) is 12.4 Å². The van der Waals surface area contributed by atoms with Crippen LogP contribution in [0.4, 0.5) is 5.95 Å². The monoisotopic (exact) mass is 550 g/mol. The molecule has 2 aliphatic carbocycles. The minimum absolute atomic E-state index is 0. The molecule has 2 aromatic heterocycles. The molecule has 4 heterocycles. The zero-order valence-electron chi connectivity index (χ0n) is 15.1. The molecule has 2 aliphatic heterocycles. The van der Waals surface area contributed by atoms with Gasteiger partial charge in [-0.25, -0.2) is 19.9 Å². The van der Waals surface area contributed by atoms with Crippen LogP contribution in [0.3, 0.4) is 0 Å². The predicted molar refractivity (Wildman–Crippen MR) is 120 cm³/mol. The molecule has 2 aromatic rings. The van der Waals surface area contributed by atoms with Crippen LogP contribution in [-0.2, 0) is 0 Å². The van der Waals surface area contributed by atoms with E-state index in [1.165, 1.54) is 25.9 Å². The molecular weight excluding hydrogens is 531 g/mol. The first-order valence-corrected chi connectivity index (χ1v) is 11.1. The lowest BCUT2D eigenvalue weighted by Crippen LogP contribution is -2.23. The Morgan fingerprint density at radius 2 is 1.29 bits per heavy atom. The standard InChI is InChI=1S/C9H10BrN3.C5H9N.C4H2BrClN2.ClH/c10-8-2-11-9(12-3-8)13-4-6-1-7(6)5-13;1-4-2-6-3-5(1)4;5-3-1-7-4(6)8-2-3;/h2-3,6-7H,1,4-5H2;4-6H,1-3H2;1-2H;1H. The first-order chi connectivity index (χ1) is 13.1. The molecule has 0 spiro atoms. The van der Waals surface area contributed by atoms with Crippen LogP contribution >= 0.6 is 55.9 Å². The summed E-state index contributed by atoms with van der Waals surface area (Å²) in [6.45, 7) is 4.94. The van der Waals surface area contributed by atoms with Crippen LogP contribution in [0.5, 0.6) is 0 Å². The fourth-order valence-corrected chi connectivity index (χ4v) is 4.10. The van der Waals surface area contributed by atoms with E-state index in [2.05, 4.69) is 62.0 Å². The van der Waals surface area contributed by atoms with Crippen LogP contribution in [0, 0.1) is 23.7 Å². The SMILES string of the molecule is Brc1cnc(N2CC3CC3C2)nc1.C1NCC2CC12.Cl.Clc1ncc(Br)cn1. The average molecular weight is 553 g/mol. The molecule has 6 nitrogen and oxygen atoms in total. The van der Waals surface area contributed by atoms with Crippen molar-refractivity contribution in [3.05, 3.63) is 39.0 Å². The molecule has 0 bridgehead atoms. The van der Waals surface area contributed by atoms with Gasteiger partial charge >= 0.3 is 0 Å². The third-order valence-electron chi connectivity index (χ3n) is 5.34. The first kappa shape index (κ1) is 22.2. The van der Waals surface area contributed by atoms with Crippen molar-refractivity contribution < 1.29 is 0 Å². The summed E-state index contributed by atoms with van der Waals surface area (Å²) in [4.78, 5) is 18.2. The van der Waals surface area contributed by atoms with Crippen LogP contribution < -0.4 is 10.2 Å². The number of rotatable bonds is 1. The van der Waals surface area contributed by atoms with Crippen molar-refractivity contribution in [3.63, 3.8) is 0 Å². The van der Waals surface area contributed by atoms with Crippen molar-refractivity contribution in [2.24, 2.45) is 23.7 Å². The van der Waals surface area contributed by atoms with Gasteiger partial charge in [0.25, 0.3) is 0 Å². The summed E-state index contributed by atoms with van der Waals surface area (Å²) < 4.78 is 1.78. The van der Waals surface area contributed by atoms with E-state index in [4.69, 9.17) is 11.6 Å². The Morgan fingerprint density at radius 3 is 1.68 bits per heavy atom. The van der Waals surface area contributed by atoms with E-state index < -0.39 is 0 Å². The molecule has 0 amide bonds. The molecule has 6 rings (SSSR count). The smallest absolute Gasteiger partial charge is 0.225 e. The van der Waals surface area contributed by atoms with Gasteiger partial charge in [0.15, 0.2) is 0 Å². The van der Waals surface area contributed by atoms with Gasteiger partial charge < -0.3 is 10.2 Å². The summed E-state index contributed by atoms with van der Waals surface area (Å²) in [5, 5.41) is 3.59. The Hall–Kier alpha value is -0.540. The number of halogens is 4. The lowest BCUT2D eigenvalue weighted by Gasteiger charge is -2.16. The second-order valence-electron chi connectivity index (χ2n) is 7.45. The maximum Gasteiger partial charge on any atom is 0.225 e. The van der Waals surface area contributed by atoms with Crippen molar-refractivity contribution in [1.82, 2.24) is 25.3 Å². The zero-order valence-corrected chi connectivity index (χ0v) is 19.9. The van der Waals surface area contributed by atoms with E-state index in [0.717, 1.165) is 51.7 Å². The zero-order chi connectivity index (χ0) is 18.8. The van der Waals surface area contributed by atoms with Crippen molar-refractivity contribution in [1.29, 1.82) is 0 Å². The molecule has 152 valence electrons. The molecule has 28 heavy (non-hydrogen) atoms. The summed E-state index contributed by atoms with van der Waals surface area (Å²) in [5.41, 5.74) is 0. The second kappa shape index (κ2) is 9.98. The quantitative estimate of drug-likeness (QED) is 0.534. The van der Waals surface area contributed by atoms with Gasteiger partial charge in [-0.2, -0.15) is 0 Å². The highest BCUT2D eigenvalue weighted by Gasteiger charge is 2.45. The Bertz CT molecular complexity index is 725. The fourth-order valence-electron chi connectivity index (χ4n) is 3.59. The van der Waals surface area contributed by atoms with E-state index in [-0.39, 0.29) is 17.7 Å². The molecule has 0 radical (unpaired) electrons. The largest absolute Gasteiger partial charge is 0.340 e. The number of fused-ring (bicyclic) bond motifs is 2. The molecule has 1 N–H and O–H groups in total. The van der Waals surface area contributed by atoms with Crippen molar-refractivity contribution in [2.45, 2.75) is 12.8 Å². The van der Waals surface area contributed by atoms with Gasteiger partial charge in [-0.15, -0.1) is 12.4 Å². The molecule has 4 unspecified atom stereocenters. The van der Waals surface area contributed by atoms with E-state index >= 15 is 0 Å². The highest BCUT2D eigenvalue weighted by Crippen LogP contribution is 2.45. The number of hydrogen-bond donors (Lipinski definition) is 1. The van der Waals surface area contributed by atoms with Crippen LogP contribution in [-0.4, -0.2) is 46.1 Å². The molecule has 0 aromatic carbocycles. The van der Waals surface area contributed by atoms with E-state index in [1.807, 2.05) is 12.4 Å². The van der Waals surface area contributed by atoms with Gasteiger partial charge in [-0.05, 0) is 93.1 Å². The maximum atomic E-state index is 5.37. The summed E-state index contributed by atoms with van der Waals surface area (Å²) in [5.74, 6) is 4.96. The van der Waals surface area contributed by atoms with Gasteiger partial charge in [0.2, 0.25) is 11.2 Å². The Balaban J connectivity index is 0.000000129. The molecule has 4 fully saturated rings. The lowest BCUT2D eigenvalue weighted by atomic mass is 10.4. The molecule has 2 saturated heterocycles. The van der Waals surface area contributed by atoms with Gasteiger partial charge in [0.1, 0.15) is 0 Å². The normalized spacial score (nSPS) is 27.9. The highest BCUT2D eigenvalue weighted by atomic mass is 79.9. The third kappa shape index (κ3) is 6.23. The van der Waals surface area contributed by atoms with Gasteiger partial charge in [-0.1, -0.05) is 0 Å². The Kier molecular flexibility index (Phi) is 7.89. The van der Waals surface area contributed by atoms with Crippen molar-refractivity contribution in [2.75, 3.05) is 31.1 Å². The number of anilines is 1. The lowest BCUT2D eigenvalue weighted by molar-refractivity contribution is 0.732. The molecule has 4 aliphatic rings. The summed E-state index contributed by atoms with van der Waals surface area (Å²) in [7, 11) is 0. The van der Waals surface area contributed by atoms with E-state index in [9.17, 15) is 0 Å². The summed E-state index contributed by atoms with van der Waals surface area (Å²) >= 11 is 11.9. The second-order valence-corrected chi connectivity index (χ2v) is 9.62. The van der Waals surface area contributed by atoms with Gasteiger partial charge in [-0.3, -0.25) is 0 Å². The van der Waals surface area contributed by atoms with Gasteiger partial charge in [0, 0.05) is 37.9 Å². The minimum atomic E-state index is 0. The first-order valence-electron chi connectivity index (χ1n) is 9.14. The van der Waals surface area contributed by atoms with E-state index in [0.29, 0.717) is 0 Å². The van der Waals surface area contributed by atoms with Crippen LogP contribution in [0.15, 0.2) is 33.7 Å². The predicted octanol–water partition coefficient (Wildman–Crippen LogP) is 4.24. The topological polar surface area (TPSA) is 66.8 Å². The van der Waals surface area contributed by atoms with Gasteiger partial charge in [0.05, 0.1) is 8.95 Å². The third-order valence-corrected chi connectivity index (χ3v) is 6.35. The summed E-state index contributed by atoms with van der Waals surface area (Å²) in [6.07, 6.45) is 9.75. The Labute approximate surface area is 193 Å². The number of hydrogen-bond acceptors (Lipinski definition) is 6. The van der Waals surface area contributed by atoms with Crippen LogP contribution in [0.25, 0.3) is 0 Å². The maximum absolute atomic E-state index is 5.37. The number of aromatic nitrogens is 4. The molecular formula is C18H22Br2Cl2N6. The average Bonchev–Trinajstić information content (AvgIpc) is 3.52. The highest BCUT2D eigenvalue weighted by molar-refractivity contribution is 9.10. The number of piperidine rings is 2. The molecule has 2 saturated carbocycles. The van der Waals surface area contributed by atoms with Crippen LogP contribution in [0.1, 0.15) is 12.8 Å².